The quantitative estimate of drug-likeness (QED) is 0.0264. The smallest absolute Gasteiger partial charge is 0.462 e. The molecule has 0 amide bonds. The lowest BCUT2D eigenvalue weighted by Gasteiger charge is -2.19. The topological polar surface area (TPSA) is 134 Å². The van der Waals surface area contributed by atoms with Crippen molar-refractivity contribution in [3.05, 3.63) is 134 Å². The van der Waals surface area contributed by atoms with Gasteiger partial charge in [-0.25, -0.2) is 4.57 Å². The molecular formula is C93H164NO8P. The Labute approximate surface area is 637 Å². The summed E-state index contributed by atoms with van der Waals surface area (Å²) < 4.78 is 33.3. The lowest BCUT2D eigenvalue weighted by atomic mass is 10.0. The molecule has 9 nitrogen and oxygen atoms in total. The SMILES string of the molecule is CC/C=C\C/C=C\C/C=C\C/C=C\C/C=C\C/C=C\C/C=C\C/C=C\CCCCCCCCCCCCCCCCCCC(=O)OC(COC(=O)CCCCCCCCCCCCCCCCCCCCCCCCCCCC/C=C\C/C=C\C/C=C\CCCCCCC)COP(=O)(O)OCCN. The summed E-state index contributed by atoms with van der Waals surface area (Å²) in [5.74, 6) is -0.812. The molecule has 10 heteroatoms. The van der Waals surface area contributed by atoms with Crippen molar-refractivity contribution >= 4 is 19.8 Å². The third kappa shape index (κ3) is 87.0. The van der Waals surface area contributed by atoms with E-state index >= 15 is 0 Å². The molecule has 0 aliphatic carbocycles. The van der Waals surface area contributed by atoms with Gasteiger partial charge in [-0.3, -0.25) is 18.6 Å². The van der Waals surface area contributed by atoms with Crippen LogP contribution in [0.25, 0.3) is 0 Å². The first-order valence-electron chi connectivity index (χ1n) is 43.7. The van der Waals surface area contributed by atoms with Gasteiger partial charge in [-0.1, -0.05) is 417 Å². The van der Waals surface area contributed by atoms with E-state index in [1.165, 1.54) is 276 Å². The number of carbonyl (C=O) groups is 2. The van der Waals surface area contributed by atoms with Crippen molar-refractivity contribution in [1.82, 2.24) is 0 Å². The fourth-order valence-corrected chi connectivity index (χ4v) is 13.4. The lowest BCUT2D eigenvalue weighted by Crippen LogP contribution is -2.29. The first kappa shape index (κ1) is 99.2. The van der Waals surface area contributed by atoms with E-state index in [1.807, 2.05) is 0 Å². The minimum Gasteiger partial charge on any atom is -0.462 e. The number of unbranched alkanes of at least 4 members (excludes halogenated alkanes) is 47. The Kier molecular flexibility index (Phi) is 83.8. The van der Waals surface area contributed by atoms with Gasteiger partial charge in [0.25, 0.3) is 0 Å². The van der Waals surface area contributed by atoms with E-state index in [1.54, 1.807) is 0 Å². The van der Waals surface area contributed by atoms with E-state index in [-0.39, 0.29) is 38.6 Å². The van der Waals surface area contributed by atoms with Gasteiger partial charge in [0.05, 0.1) is 13.2 Å². The molecule has 0 aromatic rings. The summed E-state index contributed by atoms with van der Waals surface area (Å²) in [6.45, 7) is 3.67. The van der Waals surface area contributed by atoms with E-state index in [4.69, 9.17) is 24.3 Å². The van der Waals surface area contributed by atoms with E-state index in [0.717, 1.165) is 103 Å². The van der Waals surface area contributed by atoms with Gasteiger partial charge in [0.1, 0.15) is 6.61 Å². The lowest BCUT2D eigenvalue weighted by molar-refractivity contribution is -0.161. The highest BCUT2D eigenvalue weighted by Gasteiger charge is 2.26. The fraction of sp³-hybridized carbons (Fsp3) is 0.742. The van der Waals surface area contributed by atoms with Crippen LogP contribution in [0.3, 0.4) is 0 Å². The third-order valence-corrected chi connectivity index (χ3v) is 20.0. The number of rotatable bonds is 82. The number of phosphoric ester groups is 1. The number of carbonyl (C=O) groups excluding carboxylic acids is 2. The van der Waals surface area contributed by atoms with Gasteiger partial charge in [0.15, 0.2) is 6.10 Å². The first-order chi connectivity index (χ1) is 50.8. The normalized spacial score (nSPS) is 13.5. The minimum atomic E-state index is -4.40. The summed E-state index contributed by atoms with van der Waals surface area (Å²) in [7, 11) is -4.40. The van der Waals surface area contributed by atoms with Crippen LogP contribution in [0.1, 0.15) is 412 Å². The highest BCUT2D eigenvalue weighted by atomic mass is 31.2. The number of hydrogen-bond donors (Lipinski definition) is 2. The van der Waals surface area contributed by atoms with Gasteiger partial charge >= 0.3 is 19.8 Å². The summed E-state index contributed by atoms with van der Waals surface area (Å²) in [4.78, 5) is 35.5. The summed E-state index contributed by atoms with van der Waals surface area (Å²) in [6, 6.07) is 0. The predicted molar refractivity (Wildman–Crippen MR) is 450 cm³/mol. The molecule has 594 valence electrons. The molecular weight excluding hydrogens is 1290 g/mol. The minimum absolute atomic E-state index is 0.0516. The number of nitrogens with two attached hydrogens (primary N) is 1. The fourth-order valence-electron chi connectivity index (χ4n) is 12.6. The van der Waals surface area contributed by atoms with Gasteiger partial charge in [-0.05, 0) is 116 Å². The Bertz CT molecular complexity index is 2170. The van der Waals surface area contributed by atoms with Gasteiger partial charge in [0, 0.05) is 19.4 Å². The van der Waals surface area contributed by atoms with Crippen molar-refractivity contribution in [1.29, 1.82) is 0 Å². The molecule has 0 spiro atoms. The summed E-state index contributed by atoms with van der Waals surface area (Å²) >= 11 is 0. The largest absolute Gasteiger partial charge is 0.472 e. The second kappa shape index (κ2) is 87.1. The molecule has 0 saturated carbocycles. The average Bonchev–Trinajstić information content (AvgIpc) is 0.970. The van der Waals surface area contributed by atoms with Crippen LogP contribution in [0.2, 0.25) is 0 Å². The maximum absolute atomic E-state index is 12.8. The second-order valence-electron chi connectivity index (χ2n) is 29.0. The van der Waals surface area contributed by atoms with Crippen LogP contribution in [0.15, 0.2) is 134 Å². The molecule has 0 rings (SSSR count). The van der Waals surface area contributed by atoms with Crippen LogP contribution < -0.4 is 5.73 Å². The van der Waals surface area contributed by atoms with E-state index in [0.29, 0.717) is 6.42 Å². The molecule has 103 heavy (non-hydrogen) atoms. The molecule has 0 aliphatic heterocycles. The van der Waals surface area contributed by atoms with Crippen molar-refractivity contribution in [3.8, 4) is 0 Å². The van der Waals surface area contributed by atoms with Gasteiger partial charge in [-0.2, -0.15) is 0 Å². The van der Waals surface area contributed by atoms with Crippen LogP contribution in [0.5, 0.6) is 0 Å². The van der Waals surface area contributed by atoms with Crippen molar-refractivity contribution in [2.45, 2.75) is 418 Å². The van der Waals surface area contributed by atoms with Crippen molar-refractivity contribution < 1.29 is 37.6 Å². The molecule has 0 aromatic carbocycles. The van der Waals surface area contributed by atoms with Crippen molar-refractivity contribution in [2.24, 2.45) is 5.73 Å². The van der Waals surface area contributed by atoms with Crippen LogP contribution in [-0.2, 0) is 32.7 Å². The molecule has 0 heterocycles. The average molecular weight is 1460 g/mol. The number of phosphoric acid groups is 1. The molecule has 0 bridgehead atoms. The maximum Gasteiger partial charge on any atom is 0.472 e. The zero-order valence-electron chi connectivity index (χ0n) is 67.3. The Hall–Kier alpha value is -3.85. The van der Waals surface area contributed by atoms with Crippen LogP contribution in [0, 0.1) is 0 Å². The molecule has 2 atom stereocenters. The summed E-state index contributed by atoms with van der Waals surface area (Å²) in [5, 5.41) is 0. The zero-order valence-corrected chi connectivity index (χ0v) is 68.2. The van der Waals surface area contributed by atoms with Crippen LogP contribution in [-0.4, -0.2) is 49.3 Å². The maximum atomic E-state index is 12.8. The molecule has 0 aromatic heterocycles. The van der Waals surface area contributed by atoms with Crippen LogP contribution in [0.4, 0.5) is 0 Å². The molecule has 0 fully saturated rings. The third-order valence-electron chi connectivity index (χ3n) is 19.0. The second-order valence-corrected chi connectivity index (χ2v) is 30.5. The van der Waals surface area contributed by atoms with Gasteiger partial charge in [-0.15, -0.1) is 0 Å². The molecule has 0 saturated heterocycles. The zero-order chi connectivity index (χ0) is 74.3. The summed E-state index contributed by atoms with van der Waals surface area (Å²) in [6.07, 6.45) is 125. The van der Waals surface area contributed by atoms with Gasteiger partial charge < -0.3 is 20.1 Å². The number of allylic oxidation sites excluding steroid dienone is 22. The van der Waals surface area contributed by atoms with Gasteiger partial charge in [0.2, 0.25) is 0 Å². The van der Waals surface area contributed by atoms with E-state index in [9.17, 15) is 19.0 Å². The highest BCUT2D eigenvalue weighted by molar-refractivity contribution is 7.47. The monoisotopic (exact) mass is 1450 g/mol. The number of esters is 2. The Morgan fingerprint density at radius 1 is 0.301 bits per heavy atom. The summed E-state index contributed by atoms with van der Waals surface area (Å²) in [5.41, 5.74) is 5.42. The number of hydrogen-bond acceptors (Lipinski definition) is 8. The Morgan fingerprint density at radius 3 is 0.796 bits per heavy atom. The van der Waals surface area contributed by atoms with E-state index in [2.05, 4.69) is 148 Å². The number of ether oxygens (including phenoxy) is 2. The standard InChI is InChI=1S/C93H164NO8P/c1-3-5-7-9-11-13-15-17-19-21-23-25-27-29-31-33-35-37-39-41-43-45-47-49-51-53-55-57-59-61-63-65-67-69-71-73-75-77-79-81-83-85-92(95)99-89-91(90-101-103(97,98)100-88-87-94)102-93(96)86-84-82-80-78-76-74-72-70-68-66-64-62-60-58-56-54-52-50-48-46-44-42-40-38-36-34-32-30-28-26-24-22-20-18-16-14-12-10-8-6-4-2/h6,8,12,14-15,17-18,20-21,23-24,26-27,29-30,32,36,38,42,44,48,50,91H,3-5,7,9-11,13,16,19,22,25,28,31,33-35,37,39-41,43,45-47,49,51-90,94H2,1-2H3,(H,97,98)/b8-6-,14-12-,17-15-,20-18-,23-21-,26-24-,29-27-,32-30-,38-36-,44-42-,50-48-. The van der Waals surface area contributed by atoms with E-state index < -0.39 is 26.5 Å². The van der Waals surface area contributed by atoms with Crippen LogP contribution >= 0.6 is 7.82 Å². The van der Waals surface area contributed by atoms with Crippen molar-refractivity contribution in [3.63, 3.8) is 0 Å². The highest BCUT2D eigenvalue weighted by Crippen LogP contribution is 2.43. The Balaban J connectivity index is 3.77. The molecule has 3 N–H and O–H groups in total. The molecule has 2 unspecified atom stereocenters. The predicted octanol–water partition coefficient (Wildman–Crippen LogP) is 29.9. The molecule has 0 aliphatic rings. The molecule has 0 radical (unpaired) electrons. The van der Waals surface area contributed by atoms with Crippen molar-refractivity contribution in [2.75, 3.05) is 26.4 Å². The Morgan fingerprint density at radius 2 is 0.534 bits per heavy atom. The first-order valence-corrected chi connectivity index (χ1v) is 45.2.